The van der Waals surface area contributed by atoms with E-state index in [9.17, 15) is 9.59 Å². The molecule has 2 aliphatic heterocycles. The second-order valence-corrected chi connectivity index (χ2v) is 10.0. The average molecular weight is 494 g/mol. The van der Waals surface area contributed by atoms with Gasteiger partial charge in [-0.3, -0.25) is 4.79 Å². The molecule has 1 saturated heterocycles. The Morgan fingerprint density at radius 3 is 2.60 bits per heavy atom. The fraction of sp³-hybridized carbons (Fsp3) is 0.370. The van der Waals surface area contributed by atoms with Gasteiger partial charge in [-0.05, 0) is 49.1 Å². The number of para-hydroxylation sites is 1. The van der Waals surface area contributed by atoms with Crippen LogP contribution in [0.2, 0.25) is 0 Å². The third-order valence-electron chi connectivity index (χ3n) is 5.65. The number of amidine groups is 1. The first kappa shape index (κ1) is 24.9. The van der Waals surface area contributed by atoms with Crippen LogP contribution in [0.25, 0.3) is 0 Å². The van der Waals surface area contributed by atoms with Crippen LogP contribution >= 0.6 is 11.8 Å². The molecular weight excluding hydrogens is 462 g/mol. The van der Waals surface area contributed by atoms with Gasteiger partial charge in [-0.15, -0.1) is 0 Å². The molecule has 4 rings (SSSR count). The molecule has 1 amide bonds. The quantitative estimate of drug-likeness (QED) is 0.520. The highest BCUT2D eigenvalue weighted by Crippen LogP contribution is 2.40. The Morgan fingerprint density at radius 2 is 1.89 bits per heavy atom. The molecule has 1 atom stereocenters. The van der Waals surface area contributed by atoms with Gasteiger partial charge in [0.15, 0.2) is 11.8 Å². The third-order valence-corrected chi connectivity index (χ3v) is 6.73. The Balaban J connectivity index is 1.50. The number of rotatable bonds is 8. The van der Waals surface area contributed by atoms with Crippen molar-refractivity contribution in [2.24, 2.45) is 10.9 Å². The second-order valence-electron chi connectivity index (χ2n) is 8.96. The molecule has 8 heteroatoms. The van der Waals surface area contributed by atoms with Crippen molar-refractivity contribution in [3.8, 4) is 5.75 Å². The van der Waals surface area contributed by atoms with Crippen LogP contribution in [0.3, 0.4) is 0 Å². The number of allylic oxidation sites excluding steroid dienone is 1. The maximum Gasteiger partial charge on any atom is 0.338 e. The molecule has 184 valence electrons. The fourth-order valence-corrected chi connectivity index (χ4v) is 5.03. The Labute approximate surface area is 210 Å². The smallest absolute Gasteiger partial charge is 0.338 e. The molecule has 2 aromatic rings. The number of esters is 1. The summed E-state index contributed by atoms with van der Waals surface area (Å²) in [5.74, 6) is 1.34. The number of ether oxygens (including phenoxy) is 2. The number of anilines is 1. The van der Waals surface area contributed by atoms with E-state index in [1.807, 2.05) is 75.4 Å². The number of benzene rings is 2. The van der Waals surface area contributed by atoms with Gasteiger partial charge in [0, 0.05) is 18.0 Å². The number of hydrogen-bond donors (Lipinski definition) is 1. The summed E-state index contributed by atoms with van der Waals surface area (Å²) in [5, 5.41) is 3.80. The SMILES string of the molecule is CC1=C(C(=O)OCC(C)C)C(c2ccc(NC(=O)COc3ccccc3)cc2)N2CCCSC2=N1. The Morgan fingerprint density at radius 1 is 1.14 bits per heavy atom. The van der Waals surface area contributed by atoms with E-state index < -0.39 is 0 Å². The van der Waals surface area contributed by atoms with Gasteiger partial charge in [0.2, 0.25) is 0 Å². The highest BCUT2D eigenvalue weighted by Gasteiger charge is 2.38. The number of amides is 1. The number of nitrogens with zero attached hydrogens (tertiary/aromatic N) is 2. The summed E-state index contributed by atoms with van der Waals surface area (Å²) in [6.45, 7) is 7.02. The molecule has 2 heterocycles. The highest BCUT2D eigenvalue weighted by molar-refractivity contribution is 8.13. The van der Waals surface area contributed by atoms with Crippen LogP contribution in [0.4, 0.5) is 5.69 Å². The summed E-state index contributed by atoms with van der Waals surface area (Å²) in [5.41, 5.74) is 2.89. The number of carbonyl (C=O) groups is 2. The van der Waals surface area contributed by atoms with Crippen LogP contribution in [0, 0.1) is 5.92 Å². The number of hydrogen-bond acceptors (Lipinski definition) is 7. The van der Waals surface area contributed by atoms with E-state index in [2.05, 4.69) is 10.2 Å². The molecule has 2 aromatic carbocycles. The zero-order chi connectivity index (χ0) is 24.8. The summed E-state index contributed by atoms with van der Waals surface area (Å²) >= 11 is 1.72. The summed E-state index contributed by atoms with van der Waals surface area (Å²) in [4.78, 5) is 32.4. The van der Waals surface area contributed by atoms with Crippen LogP contribution in [0.1, 0.15) is 38.8 Å². The number of aliphatic imine (C=N–C) groups is 1. The monoisotopic (exact) mass is 493 g/mol. The minimum Gasteiger partial charge on any atom is -0.484 e. The molecular formula is C27H31N3O4S. The molecule has 0 spiro atoms. The summed E-state index contributed by atoms with van der Waals surface area (Å²) < 4.78 is 11.1. The van der Waals surface area contributed by atoms with Gasteiger partial charge in [-0.1, -0.05) is 55.9 Å². The zero-order valence-corrected chi connectivity index (χ0v) is 21.1. The maximum atomic E-state index is 13.1. The van der Waals surface area contributed by atoms with Crippen molar-refractivity contribution < 1.29 is 19.1 Å². The molecule has 2 aliphatic rings. The summed E-state index contributed by atoms with van der Waals surface area (Å²) in [6, 6.07) is 16.5. The lowest BCUT2D eigenvalue weighted by Gasteiger charge is -2.40. The van der Waals surface area contributed by atoms with Crippen molar-refractivity contribution in [2.75, 3.05) is 30.8 Å². The first-order valence-electron chi connectivity index (χ1n) is 11.9. The van der Waals surface area contributed by atoms with Crippen molar-refractivity contribution >= 4 is 34.5 Å². The maximum absolute atomic E-state index is 13.1. The number of carbonyl (C=O) groups excluding carboxylic acids is 2. The first-order valence-corrected chi connectivity index (χ1v) is 12.8. The van der Waals surface area contributed by atoms with Crippen LogP contribution in [0.15, 0.2) is 70.9 Å². The van der Waals surface area contributed by atoms with Gasteiger partial charge in [-0.2, -0.15) is 0 Å². The van der Waals surface area contributed by atoms with E-state index >= 15 is 0 Å². The predicted molar refractivity (Wildman–Crippen MR) is 139 cm³/mol. The summed E-state index contributed by atoms with van der Waals surface area (Å²) in [6.07, 6.45) is 1.02. The topological polar surface area (TPSA) is 80.2 Å². The molecule has 1 fully saturated rings. The predicted octanol–water partition coefficient (Wildman–Crippen LogP) is 5.03. The van der Waals surface area contributed by atoms with E-state index in [0.29, 0.717) is 29.3 Å². The molecule has 0 aliphatic carbocycles. The van der Waals surface area contributed by atoms with Crippen molar-refractivity contribution in [1.29, 1.82) is 0 Å². The van der Waals surface area contributed by atoms with Gasteiger partial charge in [0.05, 0.1) is 23.9 Å². The normalized spacial score (nSPS) is 17.5. The lowest BCUT2D eigenvalue weighted by Crippen LogP contribution is -2.42. The minimum absolute atomic E-state index is 0.0764. The molecule has 7 nitrogen and oxygen atoms in total. The molecule has 1 unspecified atom stereocenters. The molecule has 0 aromatic heterocycles. The molecule has 35 heavy (non-hydrogen) atoms. The largest absolute Gasteiger partial charge is 0.484 e. The molecule has 1 N–H and O–H groups in total. The molecule has 0 bridgehead atoms. The Bertz CT molecular complexity index is 1110. The van der Waals surface area contributed by atoms with Crippen LogP contribution in [-0.2, 0) is 14.3 Å². The van der Waals surface area contributed by atoms with E-state index in [-0.39, 0.29) is 30.4 Å². The van der Waals surface area contributed by atoms with Gasteiger partial charge in [0.1, 0.15) is 5.75 Å². The summed E-state index contributed by atoms with van der Waals surface area (Å²) in [7, 11) is 0. The van der Waals surface area contributed by atoms with E-state index in [1.165, 1.54) is 0 Å². The van der Waals surface area contributed by atoms with Crippen molar-refractivity contribution in [1.82, 2.24) is 4.90 Å². The van der Waals surface area contributed by atoms with Crippen LogP contribution < -0.4 is 10.1 Å². The number of fused-ring (bicyclic) bond motifs is 1. The van der Waals surface area contributed by atoms with Crippen LogP contribution in [0.5, 0.6) is 5.75 Å². The second kappa shape index (κ2) is 11.4. The highest BCUT2D eigenvalue weighted by atomic mass is 32.2. The van der Waals surface area contributed by atoms with Gasteiger partial charge < -0.3 is 19.7 Å². The minimum atomic E-state index is -0.324. The Kier molecular flexibility index (Phi) is 8.13. The number of thioether (sulfide) groups is 1. The standard InChI is InChI=1S/C27H31N3O4S/c1-18(2)16-34-26(32)24-19(3)28-27-30(14-7-15-35-27)25(24)20-10-12-21(13-11-20)29-23(31)17-33-22-8-5-4-6-9-22/h4-6,8-13,18,25H,7,14-17H2,1-3H3,(H,29,31). The van der Waals surface area contributed by atoms with Gasteiger partial charge in [-0.25, -0.2) is 9.79 Å². The van der Waals surface area contributed by atoms with E-state index in [1.54, 1.807) is 11.8 Å². The van der Waals surface area contributed by atoms with Gasteiger partial charge >= 0.3 is 5.97 Å². The Hall–Kier alpha value is -3.26. The fourth-order valence-electron chi connectivity index (χ4n) is 4.01. The molecule has 0 saturated carbocycles. The first-order chi connectivity index (χ1) is 16.9. The third kappa shape index (κ3) is 6.25. The van der Waals surface area contributed by atoms with E-state index in [4.69, 9.17) is 14.5 Å². The van der Waals surface area contributed by atoms with Gasteiger partial charge in [0.25, 0.3) is 5.91 Å². The number of nitrogens with one attached hydrogen (secondary N) is 1. The van der Waals surface area contributed by atoms with Crippen LogP contribution in [-0.4, -0.2) is 47.5 Å². The van der Waals surface area contributed by atoms with Crippen molar-refractivity contribution in [3.63, 3.8) is 0 Å². The average Bonchev–Trinajstić information content (AvgIpc) is 2.86. The lowest BCUT2D eigenvalue weighted by molar-refractivity contribution is -0.140. The zero-order valence-electron chi connectivity index (χ0n) is 20.3. The van der Waals surface area contributed by atoms with Crippen molar-refractivity contribution in [3.05, 3.63) is 71.4 Å². The van der Waals surface area contributed by atoms with Crippen molar-refractivity contribution in [2.45, 2.75) is 33.2 Å². The lowest BCUT2D eigenvalue weighted by atomic mass is 9.94. The molecule has 0 radical (unpaired) electrons. The van der Waals surface area contributed by atoms with E-state index in [0.717, 1.165) is 29.4 Å².